The summed E-state index contributed by atoms with van der Waals surface area (Å²) in [5, 5.41) is 9.63. The van der Waals surface area contributed by atoms with E-state index in [4.69, 9.17) is 0 Å². The number of hydrogen-bond donors (Lipinski definition) is 1. The van der Waals surface area contributed by atoms with Gasteiger partial charge in [-0.05, 0) is 25.7 Å². The topological polar surface area (TPSA) is 20.2 Å². The predicted molar refractivity (Wildman–Crippen MR) is 36.0 cm³/mol. The van der Waals surface area contributed by atoms with E-state index in [-0.39, 0.29) is 5.60 Å². The molecule has 2 rings (SSSR count). The van der Waals surface area contributed by atoms with E-state index in [1.54, 1.807) is 0 Å². The van der Waals surface area contributed by atoms with E-state index >= 15 is 0 Å². The van der Waals surface area contributed by atoms with Gasteiger partial charge < -0.3 is 5.11 Å². The fraction of sp³-hybridized carbons (Fsp3) is 0.750. The zero-order chi connectivity index (χ0) is 6.48. The third-order valence-electron chi connectivity index (χ3n) is 2.65. The average Bonchev–Trinajstić information content (AvgIpc) is 2.19. The Kier molecular flexibility index (Phi) is 0.854. The standard InChI is InChI=1S/C8H12O/c1-8(9)5-6-2-3-7(8)4-6/h2-3,6-7,9H,4-5H2,1H3/t6-,7-,8-/m0/s1. The number of hydrogen-bond acceptors (Lipinski definition) is 1. The van der Waals surface area contributed by atoms with Crippen LogP contribution in [0.2, 0.25) is 0 Å². The first-order valence-corrected chi connectivity index (χ1v) is 3.59. The Hall–Kier alpha value is -0.300. The number of allylic oxidation sites excluding steroid dienone is 1. The molecule has 3 atom stereocenters. The minimum Gasteiger partial charge on any atom is -0.390 e. The highest BCUT2D eigenvalue weighted by Crippen LogP contribution is 2.45. The maximum atomic E-state index is 9.63. The molecular formula is C8H12O. The van der Waals surface area contributed by atoms with Crippen molar-refractivity contribution >= 4 is 0 Å². The molecule has 0 aromatic carbocycles. The van der Waals surface area contributed by atoms with Crippen LogP contribution in [0.25, 0.3) is 0 Å². The molecule has 0 spiro atoms. The molecule has 0 aromatic heterocycles. The van der Waals surface area contributed by atoms with Gasteiger partial charge in [0.1, 0.15) is 0 Å². The summed E-state index contributed by atoms with van der Waals surface area (Å²) in [5.74, 6) is 1.15. The Bertz CT molecular complexity index is 158. The van der Waals surface area contributed by atoms with Gasteiger partial charge >= 0.3 is 0 Å². The van der Waals surface area contributed by atoms with Crippen molar-refractivity contribution in [2.45, 2.75) is 25.4 Å². The maximum Gasteiger partial charge on any atom is 0.0687 e. The summed E-state index contributed by atoms with van der Waals surface area (Å²) in [6.07, 6.45) is 6.57. The first kappa shape index (κ1) is 5.48. The SMILES string of the molecule is C[C@]1(O)C[C@H]2C=C[C@H]1C2. The van der Waals surface area contributed by atoms with Crippen molar-refractivity contribution in [1.29, 1.82) is 0 Å². The molecule has 1 heteroatoms. The highest BCUT2D eigenvalue weighted by atomic mass is 16.3. The summed E-state index contributed by atoms with van der Waals surface area (Å²) in [5.41, 5.74) is -0.376. The lowest BCUT2D eigenvalue weighted by molar-refractivity contribution is 0.0344. The van der Waals surface area contributed by atoms with Gasteiger partial charge in [-0.2, -0.15) is 0 Å². The highest BCUT2D eigenvalue weighted by Gasteiger charge is 2.43. The fourth-order valence-electron chi connectivity index (χ4n) is 2.07. The summed E-state index contributed by atoms with van der Waals surface area (Å²) < 4.78 is 0. The number of aliphatic hydroxyl groups is 1. The van der Waals surface area contributed by atoms with Crippen LogP contribution in [0.1, 0.15) is 19.8 Å². The average molecular weight is 124 g/mol. The van der Waals surface area contributed by atoms with E-state index in [1.807, 2.05) is 6.92 Å². The van der Waals surface area contributed by atoms with Gasteiger partial charge in [0.25, 0.3) is 0 Å². The van der Waals surface area contributed by atoms with Crippen LogP contribution in [0, 0.1) is 11.8 Å². The highest BCUT2D eigenvalue weighted by molar-refractivity contribution is 5.15. The first-order valence-electron chi connectivity index (χ1n) is 3.59. The Labute approximate surface area is 55.4 Å². The van der Waals surface area contributed by atoms with Crippen molar-refractivity contribution in [3.05, 3.63) is 12.2 Å². The van der Waals surface area contributed by atoms with Gasteiger partial charge in [-0.3, -0.25) is 0 Å². The first-order chi connectivity index (χ1) is 4.18. The monoisotopic (exact) mass is 124 g/mol. The van der Waals surface area contributed by atoms with Gasteiger partial charge in [0.05, 0.1) is 5.60 Å². The molecule has 0 saturated heterocycles. The molecule has 1 nitrogen and oxygen atoms in total. The van der Waals surface area contributed by atoms with E-state index < -0.39 is 0 Å². The van der Waals surface area contributed by atoms with Gasteiger partial charge in [0.2, 0.25) is 0 Å². The third-order valence-corrected chi connectivity index (χ3v) is 2.65. The van der Waals surface area contributed by atoms with E-state index in [0.29, 0.717) is 11.8 Å². The van der Waals surface area contributed by atoms with Gasteiger partial charge in [-0.25, -0.2) is 0 Å². The van der Waals surface area contributed by atoms with Crippen molar-refractivity contribution in [1.82, 2.24) is 0 Å². The lowest BCUT2D eigenvalue weighted by Gasteiger charge is -2.24. The van der Waals surface area contributed by atoms with Gasteiger partial charge in [0.15, 0.2) is 0 Å². The molecule has 0 aliphatic heterocycles. The van der Waals surface area contributed by atoms with Crippen LogP contribution in [0.5, 0.6) is 0 Å². The molecule has 1 saturated carbocycles. The van der Waals surface area contributed by atoms with Crippen molar-refractivity contribution < 1.29 is 5.11 Å². The van der Waals surface area contributed by atoms with Crippen LogP contribution in [0.3, 0.4) is 0 Å². The Balaban J connectivity index is 2.29. The van der Waals surface area contributed by atoms with E-state index in [0.717, 1.165) is 6.42 Å². The molecule has 50 valence electrons. The lowest BCUT2D eigenvalue weighted by atomic mass is 9.91. The van der Waals surface area contributed by atoms with Crippen molar-refractivity contribution in [3.63, 3.8) is 0 Å². The Morgan fingerprint density at radius 1 is 1.56 bits per heavy atom. The normalized spacial score (nSPS) is 54.9. The molecule has 0 radical (unpaired) electrons. The second kappa shape index (κ2) is 1.40. The molecule has 1 fully saturated rings. The Morgan fingerprint density at radius 2 is 2.33 bits per heavy atom. The zero-order valence-corrected chi connectivity index (χ0v) is 5.67. The van der Waals surface area contributed by atoms with Crippen LogP contribution in [0.4, 0.5) is 0 Å². The van der Waals surface area contributed by atoms with Crippen LogP contribution < -0.4 is 0 Å². The molecule has 0 aromatic rings. The molecule has 0 amide bonds. The van der Waals surface area contributed by atoms with Crippen molar-refractivity contribution in [3.8, 4) is 0 Å². The Morgan fingerprint density at radius 3 is 2.56 bits per heavy atom. The van der Waals surface area contributed by atoms with Crippen LogP contribution in [-0.2, 0) is 0 Å². The molecule has 2 aliphatic carbocycles. The summed E-state index contributed by atoms with van der Waals surface area (Å²) in [6.45, 7) is 1.95. The number of fused-ring (bicyclic) bond motifs is 2. The van der Waals surface area contributed by atoms with E-state index in [9.17, 15) is 5.11 Å². The largest absolute Gasteiger partial charge is 0.390 e. The fourth-order valence-corrected chi connectivity index (χ4v) is 2.07. The summed E-state index contributed by atoms with van der Waals surface area (Å²) >= 11 is 0. The van der Waals surface area contributed by atoms with E-state index in [1.165, 1.54) is 6.42 Å². The maximum absolute atomic E-state index is 9.63. The van der Waals surface area contributed by atoms with E-state index in [2.05, 4.69) is 12.2 Å². The molecule has 0 unspecified atom stereocenters. The smallest absolute Gasteiger partial charge is 0.0687 e. The van der Waals surface area contributed by atoms with Gasteiger partial charge in [-0.1, -0.05) is 12.2 Å². The molecular weight excluding hydrogens is 112 g/mol. The lowest BCUT2D eigenvalue weighted by Crippen LogP contribution is -2.28. The summed E-state index contributed by atoms with van der Waals surface area (Å²) in [6, 6.07) is 0. The zero-order valence-electron chi connectivity index (χ0n) is 5.67. The van der Waals surface area contributed by atoms with Crippen LogP contribution >= 0.6 is 0 Å². The predicted octanol–water partition coefficient (Wildman–Crippen LogP) is 1.33. The third kappa shape index (κ3) is 0.645. The number of rotatable bonds is 0. The second-order valence-electron chi connectivity index (χ2n) is 3.55. The van der Waals surface area contributed by atoms with Crippen LogP contribution in [-0.4, -0.2) is 10.7 Å². The molecule has 9 heavy (non-hydrogen) atoms. The molecule has 1 N–H and O–H groups in total. The summed E-state index contributed by atoms with van der Waals surface area (Å²) in [7, 11) is 0. The molecule has 2 aliphatic rings. The van der Waals surface area contributed by atoms with Crippen molar-refractivity contribution in [2.75, 3.05) is 0 Å². The molecule has 0 heterocycles. The van der Waals surface area contributed by atoms with Crippen molar-refractivity contribution in [2.24, 2.45) is 11.8 Å². The van der Waals surface area contributed by atoms with Gasteiger partial charge in [0, 0.05) is 5.92 Å². The minimum absolute atomic E-state index is 0.376. The second-order valence-corrected chi connectivity index (χ2v) is 3.55. The quantitative estimate of drug-likeness (QED) is 0.483. The summed E-state index contributed by atoms with van der Waals surface area (Å²) in [4.78, 5) is 0. The van der Waals surface area contributed by atoms with Crippen LogP contribution in [0.15, 0.2) is 12.2 Å². The van der Waals surface area contributed by atoms with Gasteiger partial charge in [-0.15, -0.1) is 0 Å². The minimum atomic E-state index is -0.376. The molecule has 2 bridgehead atoms.